The molecule has 0 spiro atoms. The van der Waals surface area contributed by atoms with Crippen molar-refractivity contribution < 1.29 is 24.5 Å². The monoisotopic (exact) mass is 407 g/mol. The molecule has 1 aliphatic rings. The van der Waals surface area contributed by atoms with Gasteiger partial charge < -0.3 is 19.8 Å². The van der Waals surface area contributed by atoms with E-state index in [9.17, 15) is 0 Å². The van der Waals surface area contributed by atoms with E-state index >= 15 is 0 Å². The second-order valence-corrected chi connectivity index (χ2v) is 9.15. The minimum Gasteiger partial charge on any atom is -0.494 e. The van der Waals surface area contributed by atoms with Gasteiger partial charge >= 0.3 is 11.9 Å². The van der Waals surface area contributed by atoms with Crippen LogP contribution in [0.15, 0.2) is 24.3 Å². The highest BCUT2D eigenvalue weighted by Gasteiger charge is 2.21. The summed E-state index contributed by atoms with van der Waals surface area (Å²) in [7, 11) is 0. The van der Waals surface area contributed by atoms with Crippen LogP contribution >= 0.6 is 0 Å². The molecule has 1 aromatic rings. The molecular formula is C23H37NO5. The zero-order chi connectivity index (χ0) is 22.0. The fraction of sp³-hybridized carbons (Fsp3) is 0.652. The van der Waals surface area contributed by atoms with Crippen molar-refractivity contribution in [2.45, 2.75) is 59.3 Å². The highest BCUT2D eigenvalue weighted by molar-refractivity contribution is 6.27. The fourth-order valence-electron chi connectivity index (χ4n) is 3.65. The Labute approximate surface area is 174 Å². The Kier molecular flexibility index (Phi) is 10.2. The first-order valence-corrected chi connectivity index (χ1v) is 10.4. The van der Waals surface area contributed by atoms with Gasteiger partial charge in [0.15, 0.2) is 0 Å². The number of carboxylic acid groups (broad SMARTS) is 2. The number of carboxylic acids is 2. The van der Waals surface area contributed by atoms with Crippen LogP contribution in [0.25, 0.3) is 0 Å². The number of piperidine rings is 1. The van der Waals surface area contributed by atoms with Crippen LogP contribution in [0.2, 0.25) is 0 Å². The highest BCUT2D eigenvalue weighted by Crippen LogP contribution is 2.24. The summed E-state index contributed by atoms with van der Waals surface area (Å²) in [5, 5.41) is 14.8. The zero-order valence-electron chi connectivity index (χ0n) is 18.5. The van der Waals surface area contributed by atoms with E-state index < -0.39 is 11.9 Å². The van der Waals surface area contributed by atoms with E-state index in [2.05, 4.69) is 63.8 Å². The SMILES string of the molecule is CC1CC(C)CN(CCCCOc2ccc(C(C)(C)C)cc2)C1.O=C(O)C(=O)O. The molecule has 2 N–H and O–H groups in total. The molecule has 6 heteroatoms. The lowest BCUT2D eigenvalue weighted by Gasteiger charge is -2.34. The number of aliphatic carboxylic acids is 2. The van der Waals surface area contributed by atoms with Crippen LogP contribution in [0.3, 0.4) is 0 Å². The second kappa shape index (κ2) is 11.8. The molecule has 2 rings (SSSR count). The Bertz CT molecular complexity index is 614. The largest absolute Gasteiger partial charge is 0.494 e. The fourth-order valence-corrected chi connectivity index (χ4v) is 3.65. The number of hydrogen-bond donors (Lipinski definition) is 2. The van der Waals surface area contributed by atoms with E-state index in [1.165, 1.54) is 38.0 Å². The molecule has 1 aromatic carbocycles. The third-order valence-electron chi connectivity index (χ3n) is 4.99. The van der Waals surface area contributed by atoms with Crippen molar-refractivity contribution in [2.24, 2.45) is 11.8 Å². The van der Waals surface area contributed by atoms with Crippen molar-refractivity contribution in [3.8, 4) is 5.75 Å². The van der Waals surface area contributed by atoms with Gasteiger partial charge in [-0.2, -0.15) is 0 Å². The van der Waals surface area contributed by atoms with Gasteiger partial charge in [-0.3, -0.25) is 0 Å². The molecule has 164 valence electrons. The maximum atomic E-state index is 9.10. The predicted octanol–water partition coefficient (Wildman–Crippen LogP) is 4.28. The van der Waals surface area contributed by atoms with Crippen LogP contribution in [-0.4, -0.2) is 53.3 Å². The van der Waals surface area contributed by atoms with Crippen LogP contribution in [0.1, 0.15) is 59.4 Å². The van der Waals surface area contributed by atoms with Crippen LogP contribution in [-0.2, 0) is 15.0 Å². The molecule has 2 atom stereocenters. The van der Waals surface area contributed by atoms with Crippen molar-refractivity contribution in [1.29, 1.82) is 0 Å². The number of ether oxygens (including phenoxy) is 1. The smallest absolute Gasteiger partial charge is 0.414 e. The molecule has 2 unspecified atom stereocenters. The van der Waals surface area contributed by atoms with Gasteiger partial charge in [0.2, 0.25) is 0 Å². The predicted molar refractivity (Wildman–Crippen MR) is 115 cm³/mol. The minimum atomic E-state index is -1.82. The van der Waals surface area contributed by atoms with Gasteiger partial charge in [0, 0.05) is 13.1 Å². The van der Waals surface area contributed by atoms with E-state index in [1.54, 1.807) is 0 Å². The first kappa shape index (κ1) is 25.0. The van der Waals surface area contributed by atoms with Crippen molar-refractivity contribution >= 4 is 11.9 Å². The van der Waals surface area contributed by atoms with Crippen molar-refractivity contribution in [2.75, 3.05) is 26.2 Å². The van der Waals surface area contributed by atoms with Crippen LogP contribution < -0.4 is 4.74 Å². The van der Waals surface area contributed by atoms with Gasteiger partial charge in [0.1, 0.15) is 5.75 Å². The Morgan fingerprint density at radius 3 is 1.97 bits per heavy atom. The lowest BCUT2D eigenvalue weighted by molar-refractivity contribution is -0.159. The molecule has 1 saturated heterocycles. The summed E-state index contributed by atoms with van der Waals surface area (Å²) in [4.78, 5) is 20.8. The van der Waals surface area contributed by atoms with E-state index in [-0.39, 0.29) is 5.41 Å². The standard InChI is InChI=1S/C21H35NO.C2H2O4/c1-17-14-18(2)16-22(15-17)12-6-7-13-23-20-10-8-19(9-11-20)21(3,4)5;3-1(4)2(5)6/h8-11,17-18H,6-7,12-16H2,1-5H3;(H,3,4)(H,5,6). The maximum Gasteiger partial charge on any atom is 0.414 e. The third-order valence-corrected chi connectivity index (χ3v) is 4.99. The number of unbranched alkanes of at least 4 members (excludes halogenated alkanes) is 1. The quantitative estimate of drug-likeness (QED) is 0.541. The number of carbonyl (C=O) groups is 2. The summed E-state index contributed by atoms with van der Waals surface area (Å²) in [5.41, 5.74) is 1.57. The van der Waals surface area contributed by atoms with Gasteiger partial charge in [-0.1, -0.05) is 46.8 Å². The summed E-state index contributed by atoms with van der Waals surface area (Å²) < 4.78 is 5.89. The van der Waals surface area contributed by atoms with E-state index in [0.29, 0.717) is 0 Å². The summed E-state index contributed by atoms with van der Waals surface area (Å²) in [6.45, 7) is 16.1. The van der Waals surface area contributed by atoms with E-state index in [0.717, 1.165) is 30.6 Å². The van der Waals surface area contributed by atoms with Gasteiger partial charge in [-0.05, 0) is 60.8 Å². The van der Waals surface area contributed by atoms with Crippen LogP contribution in [0.4, 0.5) is 0 Å². The summed E-state index contributed by atoms with van der Waals surface area (Å²) in [5.74, 6) is -0.934. The van der Waals surface area contributed by atoms with Crippen LogP contribution in [0.5, 0.6) is 5.75 Å². The normalized spacial score (nSPS) is 19.8. The Hall–Kier alpha value is -2.08. The average Bonchev–Trinajstić information content (AvgIpc) is 2.60. The average molecular weight is 408 g/mol. The molecule has 0 saturated carbocycles. The molecule has 0 amide bonds. The first-order chi connectivity index (χ1) is 13.5. The Balaban J connectivity index is 0.000000612. The van der Waals surface area contributed by atoms with Gasteiger partial charge in [-0.15, -0.1) is 0 Å². The van der Waals surface area contributed by atoms with E-state index in [4.69, 9.17) is 24.5 Å². The summed E-state index contributed by atoms with van der Waals surface area (Å²) >= 11 is 0. The molecule has 6 nitrogen and oxygen atoms in total. The molecular weight excluding hydrogens is 370 g/mol. The number of rotatable bonds is 6. The summed E-state index contributed by atoms with van der Waals surface area (Å²) in [6.07, 6.45) is 3.77. The summed E-state index contributed by atoms with van der Waals surface area (Å²) in [6, 6.07) is 8.58. The first-order valence-electron chi connectivity index (χ1n) is 10.4. The topological polar surface area (TPSA) is 87.1 Å². The molecule has 0 bridgehead atoms. The second-order valence-electron chi connectivity index (χ2n) is 9.15. The number of hydrogen-bond acceptors (Lipinski definition) is 4. The van der Waals surface area contributed by atoms with Gasteiger partial charge in [0.05, 0.1) is 6.61 Å². The molecule has 1 aliphatic heterocycles. The van der Waals surface area contributed by atoms with Crippen molar-refractivity contribution in [3.05, 3.63) is 29.8 Å². The molecule has 1 heterocycles. The zero-order valence-corrected chi connectivity index (χ0v) is 18.5. The van der Waals surface area contributed by atoms with Gasteiger partial charge in [-0.25, -0.2) is 9.59 Å². The minimum absolute atomic E-state index is 0.210. The van der Waals surface area contributed by atoms with Gasteiger partial charge in [0.25, 0.3) is 0 Å². The molecule has 1 fully saturated rings. The molecule has 0 aliphatic carbocycles. The van der Waals surface area contributed by atoms with E-state index in [1.807, 2.05) is 0 Å². The van der Waals surface area contributed by atoms with Crippen LogP contribution in [0, 0.1) is 11.8 Å². The molecule has 29 heavy (non-hydrogen) atoms. The number of benzene rings is 1. The Morgan fingerprint density at radius 2 is 1.52 bits per heavy atom. The number of nitrogens with zero attached hydrogens (tertiary/aromatic N) is 1. The highest BCUT2D eigenvalue weighted by atomic mass is 16.5. The molecule has 0 aromatic heterocycles. The Morgan fingerprint density at radius 1 is 1.00 bits per heavy atom. The lowest BCUT2D eigenvalue weighted by atomic mass is 9.87. The lowest BCUT2D eigenvalue weighted by Crippen LogP contribution is -2.39. The molecule has 0 radical (unpaired) electrons. The third kappa shape index (κ3) is 10.3. The number of likely N-dealkylation sites (tertiary alicyclic amines) is 1. The maximum absolute atomic E-state index is 9.10. The van der Waals surface area contributed by atoms with Crippen molar-refractivity contribution in [3.63, 3.8) is 0 Å². The van der Waals surface area contributed by atoms with Crippen molar-refractivity contribution in [1.82, 2.24) is 4.90 Å².